The van der Waals surface area contributed by atoms with Crippen molar-refractivity contribution in [2.45, 2.75) is 32.9 Å². The summed E-state index contributed by atoms with van der Waals surface area (Å²) >= 11 is 0. The first-order valence-electron chi connectivity index (χ1n) is 7.00. The molecule has 0 aliphatic carbocycles. The molecule has 0 fully saturated rings. The maximum atomic E-state index is 14.2. The molecule has 1 unspecified atom stereocenters. The first-order valence-corrected chi connectivity index (χ1v) is 7.00. The number of benzene rings is 2. The summed E-state index contributed by atoms with van der Waals surface area (Å²) in [4.78, 5) is 0. The number of ether oxygens (including phenoxy) is 1. The minimum absolute atomic E-state index is 0.0347. The Labute approximate surface area is 124 Å². The maximum Gasteiger partial charge on any atom is 0.128 e. The van der Waals surface area contributed by atoms with E-state index in [1.54, 1.807) is 6.07 Å². The lowest BCUT2D eigenvalue weighted by atomic mass is 9.97. The van der Waals surface area contributed by atoms with Gasteiger partial charge in [-0.15, -0.1) is 0 Å². The summed E-state index contributed by atoms with van der Waals surface area (Å²) in [6.45, 7) is 5.76. The molecule has 0 bridgehead atoms. The predicted octanol–water partition coefficient (Wildman–Crippen LogP) is 3.47. The Morgan fingerprint density at radius 1 is 1.10 bits per heavy atom. The second-order valence-corrected chi connectivity index (χ2v) is 5.33. The fourth-order valence-electron chi connectivity index (χ4n) is 2.29. The van der Waals surface area contributed by atoms with Gasteiger partial charge in [0.15, 0.2) is 0 Å². The Kier molecular flexibility index (Phi) is 4.94. The number of halogens is 1. The van der Waals surface area contributed by atoms with E-state index in [1.165, 1.54) is 6.07 Å². The predicted molar refractivity (Wildman–Crippen MR) is 82.5 cm³/mol. The van der Waals surface area contributed by atoms with E-state index in [1.807, 2.05) is 51.1 Å². The van der Waals surface area contributed by atoms with Crippen molar-refractivity contribution in [2.24, 2.45) is 5.84 Å². The molecule has 1 atom stereocenters. The van der Waals surface area contributed by atoms with E-state index in [0.29, 0.717) is 11.3 Å². The Morgan fingerprint density at radius 3 is 2.43 bits per heavy atom. The quantitative estimate of drug-likeness (QED) is 0.654. The highest BCUT2D eigenvalue weighted by Crippen LogP contribution is 2.31. The van der Waals surface area contributed by atoms with Crippen LogP contribution in [0, 0.1) is 12.7 Å². The number of aryl methyl sites for hydroxylation is 1. The molecule has 0 saturated heterocycles. The van der Waals surface area contributed by atoms with Crippen LogP contribution in [-0.4, -0.2) is 6.10 Å². The van der Waals surface area contributed by atoms with Crippen molar-refractivity contribution >= 4 is 0 Å². The molecular formula is C17H21FN2O. The summed E-state index contributed by atoms with van der Waals surface area (Å²) in [6, 6.07) is 12.2. The molecular weight excluding hydrogens is 267 g/mol. The molecule has 4 heteroatoms. The van der Waals surface area contributed by atoms with E-state index in [0.717, 1.165) is 11.1 Å². The summed E-state index contributed by atoms with van der Waals surface area (Å²) in [7, 11) is 0. The van der Waals surface area contributed by atoms with Crippen LogP contribution >= 0.6 is 0 Å². The molecule has 0 aliphatic rings. The standard InChI is InChI=1S/C17H21FN2O/c1-11(2)21-16-7-5-4-6-14(16)17(20-19)13-9-8-12(3)10-15(13)18/h4-11,17,20H,19H2,1-3H3. The second kappa shape index (κ2) is 6.70. The van der Waals surface area contributed by atoms with Gasteiger partial charge in [-0.2, -0.15) is 0 Å². The van der Waals surface area contributed by atoms with Crippen molar-refractivity contribution in [1.29, 1.82) is 0 Å². The van der Waals surface area contributed by atoms with Crippen molar-refractivity contribution in [2.75, 3.05) is 0 Å². The lowest BCUT2D eigenvalue weighted by molar-refractivity contribution is 0.238. The van der Waals surface area contributed by atoms with E-state index in [2.05, 4.69) is 5.43 Å². The van der Waals surface area contributed by atoms with Crippen LogP contribution in [-0.2, 0) is 0 Å². The Balaban J connectivity index is 2.46. The molecule has 0 amide bonds. The van der Waals surface area contributed by atoms with Crippen LogP contribution in [0.4, 0.5) is 4.39 Å². The molecule has 3 nitrogen and oxygen atoms in total. The summed E-state index contributed by atoms with van der Waals surface area (Å²) in [5, 5.41) is 0. The van der Waals surface area contributed by atoms with Gasteiger partial charge in [-0.25, -0.2) is 9.82 Å². The normalized spacial score (nSPS) is 12.5. The lowest BCUT2D eigenvalue weighted by Gasteiger charge is -2.22. The van der Waals surface area contributed by atoms with Crippen molar-refractivity contribution in [1.82, 2.24) is 5.43 Å². The van der Waals surface area contributed by atoms with Crippen LogP contribution in [0.1, 0.15) is 36.6 Å². The third kappa shape index (κ3) is 3.60. The minimum Gasteiger partial charge on any atom is -0.491 e. The zero-order chi connectivity index (χ0) is 15.4. The average molecular weight is 288 g/mol. The number of rotatable bonds is 5. The first kappa shape index (κ1) is 15.5. The van der Waals surface area contributed by atoms with E-state index in [4.69, 9.17) is 10.6 Å². The molecule has 0 aromatic heterocycles. The van der Waals surface area contributed by atoms with Crippen molar-refractivity contribution < 1.29 is 9.13 Å². The van der Waals surface area contributed by atoms with Crippen LogP contribution in [0.5, 0.6) is 5.75 Å². The van der Waals surface area contributed by atoms with E-state index < -0.39 is 6.04 Å². The van der Waals surface area contributed by atoms with Crippen molar-refractivity contribution in [3.05, 3.63) is 65.0 Å². The van der Waals surface area contributed by atoms with Gasteiger partial charge < -0.3 is 4.74 Å². The Hall–Kier alpha value is -1.91. The molecule has 0 heterocycles. The summed E-state index contributed by atoms with van der Waals surface area (Å²) in [6.07, 6.45) is 0.0347. The summed E-state index contributed by atoms with van der Waals surface area (Å²) in [5.74, 6) is 6.10. The van der Waals surface area contributed by atoms with Gasteiger partial charge in [0.2, 0.25) is 0 Å². The highest BCUT2D eigenvalue weighted by atomic mass is 19.1. The zero-order valence-electron chi connectivity index (χ0n) is 12.6. The fraction of sp³-hybridized carbons (Fsp3) is 0.294. The third-order valence-corrected chi connectivity index (χ3v) is 3.23. The van der Waals surface area contributed by atoms with Crippen LogP contribution in [0.3, 0.4) is 0 Å². The van der Waals surface area contributed by atoms with Gasteiger partial charge in [0.1, 0.15) is 11.6 Å². The molecule has 0 saturated carbocycles. The van der Waals surface area contributed by atoms with Gasteiger partial charge in [-0.3, -0.25) is 5.84 Å². The number of nitrogens with one attached hydrogen (secondary N) is 1. The van der Waals surface area contributed by atoms with E-state index >= 15 is 0 Å². The smallest absolute Gasteiger partial charge is 0.128 e. The topological polar surface area (TPSA) is 47.3 Å². The second-order valence-electron chi connectivity index (χ2n) is 5.33. The summed E-state index contributed by atoms with van der Waals surface area (Å²) < 4.78 is 20.0. The fourth-order valence-corrected chi connectivity index (χ4v) is 2.29. The molecule has 2 aromatic rings. The molecule has 0 aliphatic heterocycles. The zero-order valence-corrected chi connectivity index (χ0v) is 12.6. The number of hydrogen-bond donors (Lipinski definition) is 2. The highest BCUT2D eigenvalue weighted by molar-refractivity contribution is 5.42. The SMILES string of the molecule is Cc1ccc(C(NN)c2ccccc2OC(C)C)c(F)c1. The van der Waals surface area contributed by atoms with Gasteiger partial charge >= 0.3 is 0 Å². The lowest BCUT2D eigenvalue weighted by Crippen LogP contribution is -2.30. The van der Waals surface area contributed by atoms with Gasteiger partial charge in [0, 0.05) is 11.1 Å². The molecule has 21 heavy (non-hydrogen) atoms. The Morgan fingerprint density at radius 2 is 1.81 bits per heavy atom. The van der Waals surface area contributed by atoms with Gasteiger partial charge in [0.25, 0.3) is 0 Å². The van der Waals surface area contributed by atoms with Gasteiger partial charge in [0.05, 0.1) is 12.1 Å². The first-order chi connectivity index (χ1) is 10.0. The van der Waals surface area contributed by atoms with Gasteiger partial charge in [-0.05, 0) is 38.5 Å². The highest BCUT2D eigenvalue weighted by Gasteiger charge is 2.20. The molecule has 112 valence electrons. The van der Waals surface area contributed by atoms with Crippen molar-refractivity contribution in [3.8, 4) is 5.75 Å². The monoisotopic (exact) mass is 288 g/mol. The molecule has 3 N–H and O–H groups in total. The van der Waals surface area contributed by atoms with Crippen LogP contribution in [0.25, 0.3) is 0 Å². The molecule has 0 spiro atoms. The van der Waals surface area contributed by atoms with E-state index in [-0.39, 0.29) is 11.9 Å². The third-order valence-electron chi connectivity index (χ3n) is 3.23. The van der Waals surface area contributed by atoms with Crippen LogP contribution in [0.15, 0.2) is 42.5 Å². The Bertz CT molecular complexity index is 613. The van der Waals surface area contributed by atoms with Crippen LogP contribution < -0.4 is 16.0 Å². The number of hydrazine groups is 1. The molecule has 2 aromatic carbocycles. The molecule has 0 radical (unpaired) electrons. The van der Waals surface area contributed by atoms with Crippen LogP contribution in [0.2, 0.25) is 0 Å². The maximum absolute atomic E-state index is 14.2. The molecule has 2 rings (SSSR count). The average Bonchev–Trinajstić information content (AvgIpc) is 2.43. The number of nitrogens with two attached hydrogens (primary N) is 1. The number of para-hydroxylation sites is 1. The van der Waals surface area contributed by atoms with E-state index in [9.17, 15) is 4.39 Å². The minimum atomic E-state index is -0.458. The van der Waals surface area contributed by atoms with Crippen molar-refractivity contribution in [3.63, 3.8) is 0 Å². The number of hydrogen-bond acceptors (Lipinski definition) is 3. The summed E-state index contributed by atoms with van der Waals surface area (Å²) in [5.41, 5.74) is 4.88. The largest absolute Gasteiger partial charge is 0.491 e. The van der Waals surface area contributed by atoms with Gasteiger partial charge in [-0.1, -0.05) is 30.3 Å².